The average molecular weight is 370 g/mol. The normalized spacial score (nSPS) is 11.4. The second kappa shape index (κ2) is 10.2. The molecule has 27 heavy (non-hydrogen) atoms. The Labute approximate surface area is 159 Å². The lowest BCUT2D eigenvalue weighted by atomic mass is 10.2. The first-order valence-electron chi connectivity index (χ1n) is 8.87. The van der Waals surface area contributed by atoms with Crippen LogP contribution in [-0.2, 0) is 9.59 Å². The van der Waals surface area contributed by atoms with Gasteiger partial charge in [-0.15, -0.1) is 0 Å². The van der Waals surface area contributed by atoms with E-state index in [1.54, 1.807) is 12.1 Å². The van der Waals surface area contributed by atoms with Crippen molar-refractivity contribution in [1.82, 2.24) is 10.6 Å². The molecule has 0 radical (unpaired) electrons. The van der Waals surface area contributed by atoms with Gasteiger partial charge in [-0.25, -0.2) is 0 Å². The minimum atomic E-state index is -0.242. The maximum Gasteiger partial charge on any atom is 0.258 e. The van der Waals surface area contributed by atoms with Gasteiger partial charge in [0.2, 0.25) is 0 Å². The zero-order valence-electron chi connectivity index (χ0n) is 16.0. The summed E-state index contributed by atoms with van der Waals surface area (Å²) >= 11 is 0. The van der Waals surface area contributed by atoms with Crippen LogP contribution in [0.1, 0.15) is 18.1 Å². The number of carbonyl (C=O) groups is 2. The molecule has 2 rings (SSSR count). The number of hydrogen-bond donors (Lipinski definition) is 2. The van der Waals surface area contributed by atoms with E-state index in [9.17, 15) is 9.59 Å². The van der Waals surface area contributed by atoms with Crippen molar-refractivity contribution in [2.24, 2.45) is 0 Å². The third-order valence-corrected chi connectivity index (χ3v) is 3.73. The summed E-state index contributed by atoms with van der Waals surface area (Å²) < 4.78 is 10.9. The van der Waals surface area contributed by atoms with Crippen LogP contribution in [0.15, 0.2) is 48.5 Å². The molecule has 6 heteroatoms. The number of nitrogens with one attached hydrogen (secondary N) is 2. The van der Waals surface area contributed by atoms with E-state index >= 15 is 0 Å². The lowest BCUT2D eigenvalue weighted by Gasteiger charge is -2.15. The van der Waals surface area contributed by atoms with Crippen molar-refractivity contribution in [2.45, 2.75) is 26.8 Å². The first-order valence-corrected chi connectivity index (χ1v) is 8.87. The maximum atomic E-state index is 11.9. The molecule has 2 amide bonds. The van der Waals surface area contributed by atoms with Gasteiger partial charge in [-0.1, -0.05) is 24.3 Å². The largest absolute Gasteiger partial charge is 0.484 e. The number of hydrogen-bond acceptors (Lipinski definition) is 4. The first-order chi connectivity index (χ1) is 12.9. The van der Waals surface area contributed by atoms with E-state index in [1.807, 2.05) is 57.2 Å². The SMILES string of the molecule is Cc1cccc(OCC(=O)NCC(C)NC(=O)COc2cccc(C)c2)c1. The highest BCUT2D eigenvalue weighted by atomic mass is 16.5. The highest BCUT2D eigenvalue weighted by Crippen LogP contribution is 2.12. The Morgan fingerprint density at radius 3 is 1.93 bits per heavy atom. The topological polar surface area (TPSA) is 76.7 Å². The monoisotopic (exact) mass is 370 g/mol. The minimum Gasteiger partial charge on any atom is -0.484 e. The second-order valence-corrected chi connectivity index (χ2v) is 6.48. The Balaban J connectivity index is 1.63. The fraction of sp³-hybridized carbons (Fsp3) is 0.333. The molecule has 0 aliphatic rings. The Morgan fingerprint density at radius 1 is 0.889 bits per heavy atom. The number of rotatable bonds is 9. The molecule has 1 unspecified atom stereocenters. The third kappa shape index (κ3) is 7.81. The van der Waals surface area contributed by atoms with Crippen molar-refractivity contribution >= 4 is 11.8 Å². The predicted molar refractivity (Wildman–Crippen MR) is 104 cm³/mol. The van der Waals surface area contributed by atoms with Gasteiger partial charge in [0.15, 0.2) is 13.2 Å². The smallest absolute Gasteiger partial charge is 0.258 e. The molecular weight excluding hydrogens is 344 g/mol. The van der Waals surface area contributed by atoms with Gasteiger partial charge >= 0.3 is 0 Å². The van der Waals surface area contributed by atoms with Crippen LogP contribution in [0.3, 0.4) is 0 Å². The zero-order valence-corrected chi connectivity index (χ0v) is 16.0. The van der Waals surface area contributed by atoms with Crippen LogP contribution in [0.2, 0.25) is 0 Å². The second-order valence-electron chi connectivity index (χ2n) is 6.48. The predicted octanol–water partition coefficient (Wildman–Crippen LogP) is 2.38. The molecule has 0 heterocycles. The van der Waals surface area contributed by atoms with Crippen molar-refractivity contribution in [3.05, 3.63) is 59.7 Å². The van der Waals surface area contributed by atoms with Crippen molar-refractivity contribution in [3.8, 4) is 11.5 Å². The summed E-state index contributed by atoms with van der Waals surface area (Å²) in [6, 6.07) is 14.8. The number of amides is 2. The molecule has 0 fully saturated rings. The molecule has 0 saturated heterocycles. The van der Waals surface area contributed by atoms with Crippen molar-refractivity contribution in [2.75, 3.05) is 19.8 Å². The highest BCUT2D eigenvalue weighted by molar-refractivity contribution is 5.79. The van der Waals surface area contributed by atoms with E-state index in [1.165, 1.54) is 0 Å². The number of aryl methyl sites for hydroxylation is 2. The summed E-state index contributed by atoms with van der Waals surface area (Å²) in [6.45, 7) is 5.90. The molecule has 0 bridgehead atoms. The van der Waals surface area contributed by atoms with E-state index in [-0.39, 0.29) is 31.1 Å². The van der Waals surface area contributed by atoms with E-state index < -0.39 is 0 Å². The van der Waals surface area contributed by atoms with Crippen molar-refractivity contribution in [1.29, 1.82) is 0 Å². The molecule has 6 nitrogen and oxygen atoms in total. The Bertz CT molecular complexity index is 776. The van der Waals surface area contributed by atoms with Gasteiger partial charge in [0.25, 0.3) is 11.8 Å². The van der Waals surface area contributed by atoms with E-state index in [0.717, 1.165) is 11.1 Å². The summed E-state index contributed by atoms with van der Waals surface area (Å²) in [4.78, 5) is 23.8. The van der Waals surface area contributed by atoms with Crippen LogP contribution in [-0.4, -0.2) is 37.6 Å². The quantitative estimate of drug-likeness (QED) is 0.711. The molecule has 2 aromatic carbocycles. The van der Waals surface area contributed by atoms with Crippen LogP contribution in [0.25, 0.3) is 0 Å². The molecule has 0 aromatic heterocycles. The first kappa shape index (κ1) is 20.3. The third-order valence-electron chi connectivity index (χ3n) is 3.73. The Hall–Kier alpha value is -3.02. The van der Waals surface area contributed by atoms with Crippen LogP contribution >= 0.6 is 0 Å². The van der Waals surface area contributed by atoms with Gasteiger partial charge in [0.05, 0.1) is 0 Å². The van der Waals surface area contributed by atoms with Gasteiger partial charge in [-0.05, 0) is 56.2 Å². The van der Waals surface area contributed by atoms with E-state index in [4.69, 9.17) is 9.47 Å². The van der Waals surface area contributed by atoms with Crippen molar-refractivity contribution < 1.29 is 19.1 Å². The van der Waals surface area contributed by atoms with E-state index in [2.05, 4.69) is 10.6 Å². The molecule has 144 valence electrons. The summed E-state index contributed by atoms with van der Waals surface area (Å²) in [5.41, 5.74) is 2.13. The molecule has 0 spiro atoms. The Kier molecular flexibility index (Phi) is 7.67. The van der Waals surface area contributed by atoms with Gasteiger partial charge in [0.1, 0.15) is 11.5 Å². The summed E-state index contributed by atoms with van der Waals surface area (Å²) in [5, 5.41) is 5.52. The summed E-state index contributed by atoms with van der Waals surface area (Å²) in [5.74, 6) is 0.821. The standard InChI is InChI=1S/C21H26N2O4/c1-15-6-4-8-18(10-15)26-13-20(24)22-12-17(3)23-21(25)14-27-19-9-5-7-16(2)11-19/h4-11,17H,12-14H2,1-3H3,(H,22,24)(H,23,25). The zero-order chi connectivity index (χ0) is 19.6. The molecular formula is C21H26N2O4. The van der Waals surface area contributed by atoms with Gasteiger partial charge < -0.3 is 20.1 Å². The number of benzene rings is 2. The van der Waals surface area contributed by atoms with Crippen LogP contribution < -0.4 is 20.1 Å². The van der Waals surface area contributed by atoms with Crippen LogP contribution in [0.4, 0.5) is 0 Å². The molecule has 2 aromatic rings. The molecule has 0 aliphatic heterocycles. The average Bonchev–Trinajstić information content (AvgIpc) is 2.63. The molecule has 1 atom stereocenters. The van der Waals surface area contributed by atoms with E-state index in [0.29, 0.717) is 18.0 Å². The highest BCUT2D eigenvalue weighted by Gasteiger charge is 2.10. The van der Waals surface area contributed by atoms with Crippen LogP contribution in [0, 0.1) is 13.8 Å². The summed E-state index contributed by atoms with van der Waals surface area (Å²) in [6.07, 6.45) is 0. The van der Waals surface area contributed by atoms with Gasteiger partial charge in [-0.2, -0.15) is 0 Å². The minimum absolute atomic E-state index is 0.0689. The fourth-order valence-corrected chi connectivity index (χ4v) is 2.39. The number of ether oxygens (including phenoxy) is 2. The maximum absolute atomic E-state index is 11.9. The number of carbonyl (C=O) groups excluding carboxylic acids is 2. The van der Waals surface area contributed by atoms with Crippen molar-refractivity contribution in [3.63, 3.8) is 0 Å². The summed E-state index contributed by atoms with van der Waals surface area (Å²) in [7, 11) is 0. The Morgan fingerprint density at radius 2 is 1.41 bits per heavy atom. The van der Waals surface area contributed by atoms with Gasteiger partial charge in [-0.3, -0.25) is 9.59 Å². The lowest BCUT2D eigenvalue weighted by molar-refractivity contribution is -0.125. The fourth-order valence-electron chi connectivity index (χ4n) is 2.39. The molecule has 2 N–H and O–H groups in total. The van der Waals surface area contributed by atoms with Gasteiger partial charge in [0, 0.05) is 12.6 Å². The lowest BCUT2D eigenvalue weighted by Crippen LogP contribution is -2.44. The molecule has 0 aliphatic carbocycles. The molecule has 0 saturated carbocycles. The van der Waals surface area contributed by atoms with Crippen LogP contribution in [0.5, 0.6) is 11.5 Å².